The lowest BCUT2D eigenvalue weighted by Gasteiger charge is -2.33. The molecule has 11 rings (SSSR count). The van der Waals surface area contributed by atoms with Crippen molar-refractivity contribution in [2.24, 2.45) is 4.99 Å². The van der Waals surface area contributed by atoms with Gasteiger partial charge in [0.1, 0.15) is 5.84 Å². The second-order valence-corrected chi connectivity index (χ2v) is 15.1. The Morgan fingerprint density at radius 2 is 0.845 bits per heavy atom. The predicted molar refractivity (Wildman–Crippen MR) is 248 cm³/mol. The van der Waals surface area contributed by atoms with E-state index in [1.165, 1.54) is 59.8 Å². The minimum Gasteiger partial charge on any atom is -0.397 e. The highest BCUT2D eigenvalue weighted by Gasteiger charge is 2.28. The minimum atomic E-state index is 0.659. The quantitative estimate of drug-likeness (QED) is 0.141. The Morgan fingerprint density at radius 1 is 0.397 bits per heavy atom. The topological polar surface area (TPSA) is 41.6 Å². The molecule has 0 spiro atoms. The van der Waals surface area contributed by atoms with Crippen LogP contribution < -0.4 is 10.6 Å². The Morgan fingerprint density at radius 3 is 1.47 bits per heavy atom. The SMILES string of the molecule is C=C1c2cc(-c3ccc4ccccc4c3)ccc2N=C(c2ccc(-c3c4ccccc4c(-c4ccc5ccccc5c4)c4ccccc34)cc2)N1c1ccccc1N. The van der Waals surface area contributed by atoms with Crippen LogP contribution in [-0.2, 0) is 0 Å². The first kappa shape index (κ1) is 33.6. The number of anilines is 2. The summed E-state index contributed by atoms with van der Waals surface area (Å²) in [4.78, 5) is 7.46. The van der Waals surface area contributed by atoms with Crippen LogP contribution in [0.1, 0.15) is 11.1 Å². The van der Waals surface area contributed by atoms with Gasteiger partial charge in [-0.05, 0) is 113 Å². The van der Waals surface area contributed by atoms with Crippen LogP contribution in [0.4, 0.5) is 17.1 Å². The number of nitrogens with zero attached hydrogens (tertiary/aromatic N) is 2. The molecular weight excluding hydrogens is 703 g/mol. The summed E-state index contributed by atoms with van der Waals surface area (Å²) in [5.41, 5.74) is 18.9. The molecule has 10 aromatic carbocycles. The maximum absolute atomic E-state index is 6.70. The van der Waals surface area contributed by atoms with Crippen molar-refractivity contribution in [3.05, 3.63) is 218 Å². The van der Waals surface area contributed by atoms with Gasteiger partial charge in [0.05, 0.1) is 17.1 Å². The number of hydrogen-bond acceptors (Lipinski definition) is 3. The number of nitrogens with two attached hydrogens (primary N) is 1. The highest BCUT2D eigenvalue weighted by Crippen LogP contribution is 2.45. The predicted octanol–water partition coefficient (Wildman–Crippen LogP) is 14.5. The van der Waals surface area contributed by atoms with Crippen LogP contribution in [0.5, 0.6) is 0 Å². The summed E-state index contributed by atoms with van der Waals surface area (Å²) in [5, 5.41) is 9.80. The summed E-state index contributed by atoms with van der Waals surface area (Å²) in [7, 11) is 0. The molecule has 0 saturated carbocycles. The third kappa shape index (κ3) is 5.48. The molecule has 0 amide bonds. The number of rotatable bonds is 5. The molecule has 0 fully saturated rings. The van der Waals surface area contributed by atoms with Crippen LogP contribution in [0.2, 0.25) is 0 Å². The maximum Gasteiger partial charge on any atom is 0.145 e. The van der Waals surface area contributed by atoms with Gasteiger partial charge in [0.2, 0.25) is 0 Å². The van der Waals surface area contributed by atoms with Gasteiger partial charge < -0.3 is 5.73 Å². The lowest BCUT2D eigenvalue weighted by Crippen LogP contribution is -2.32. The lowest BCUT2D eigenvalue weighted by atomic mass is 9.85. The molecule has 1 aliphatic rings. The molecule has 0 unspecified atom stereocenters. The number of amidine groups is 1. The van der Waals surface area contributed by atoms with Gasteiger partial charge in [-0.15, -0.1) is 0 Å². The Balaban J connectivity index is 1.05. The first-order valence-corrected chi connectivity index (χ1v) is 19.7. The third-order valence-electron chi connectivity index (χ3n) is 11.7. The van der Waals surface area contributed by atoms with Gasteiger partial charge in [0.15, 0.2) is 0 Å². The van der Waals surface area contributed by atoms with E-state index in [1.807, 2.05) is 24.3 Å². The summed E-state index contributed by atoms with van der Waals surface area (Å²) in [6, 6.07) is 71.3. The molecule has 0 bridgehead atoms. The summed E-state index contributed by atoms with van der Waals surface area (Å²) >= 11 is 0. The summed E-state index contributed by atoms with van der Waals surface area (Å²) in [6.07, 6.45) is 0. The largest absolute Gasteiger partial charge is 0.397 e. The van der Waals surface area contributed by atoms with Gasteiger partial charge in [0, 0.05) is 16.8 Å². The van der Waals surface area contributed by atoms with E-state index in [1.54, 1.807) is 0 Å². The zero-order valence-electron chi connectivity index (χ0n) is 31.7. The number of hydrogen-bond donors (Lipinski definition) is 1. The molecular formula is C55H37N3. The fraction of sp³-hybridized carbons (Fsp3) is 0. The molecule has 2 N–H and O–H groups in total. The van der Waals surface area contributed by atoms with Crippen LogP contribution in [0, 0.1) is 0 Å². The summed E-state index contributed by atoms with van der Waals surface area (Å²) in [5.74, 6) is 0.779. The van der Waals surface area contributed by atoms with Crippen molar-refractivity contribution in [3.8, 4) is 33.4 Å². The van der Waals surface area contributed by atoms with Gasteiger partial charge >= 0.3 is 0 Å². The van der Waals surface area contributed by atoms with Gasteiger partial charge in [-0.25, -0.2) is 4.99 Å². The monoisotopic (exact) mass is 739 g/mol. The average molecular weight is 740 g/mol. The normalized spacial score (nSPS) is 12.7. The van der Waals surface area contributed by atoms with Crippen molar-refractivity contribution in [1.29, 1.82) is 0 Å². The second-order valence-electron chi connectivity index (χ2n) is 15.1. The molecule has 0 atom stereocenters. The molecule has 0 radical (unpaired) electrons. The molecule has 0 aromatic heterocycles. The van der Waals surface area contributed by atoms with Gasteiger partial charge in [-0.2, -0.15) is 0 Å². The average Bonchev–Trinajstić information content (AvgIpc) is 3.28. The van der Waals surface area contributed by atoms with Crippen molar-refractivity contribution < 1.29 is 0 Å². The van der Waals surface area contributed by atoms with E-state index in [-0.39, 0.29) is 0 Å². The number of fused-ring (bicyclic) bond motifs is 5. The van der Waals surface area contributed by atoms with E-state index in [9.17, 15) is 0 Å². The highest BCUT2D eigenvalue weighted by molar-refractivity contribution is 6.24. The molecule has 3 nitrogen and oxygen atoms in total. The minimum absolute atomic E-state index is 0.659. The third-order valence-corrected chi connectivity index (χ3v) is 11.7. The van der Waals surface area contributed by atoms with Crippen LogP contribution in [0.25, 0.3) is 82.2 Å². The van der Waals surface area contributed by atoms with E-state index in [0.717, 1.165) is 50.7 Å². The zero-order chi connectivity index (χ0) is 38.7. The maximum atomic E-state index is 6.70. The first-order valence-electron chi connectivity index (χ1n) is 19.7. The van der Waals surface area contributed by atoms with Crippen LogP contribution in [0.3, 0.4) is 0 Å². The summed E-state index contributed by atoms with van der Waals surface area (Å²) < 4.78 is 0. The first-order chi connectivity index (χ1) is 28.6. The number of benzene rings is 10. The smallest absolute Gasteiger partial charge is 0.145 e. The summed E-state index contributed by atoms with van der Waals surface area (Å²) in [6.45, 7) is 4.69. The van der Waals surface area contributed by atoms with E-state index in [2.05, 4.69) is 187 Å². The van der Waals surface area contributed by atoms with Gasteiger partial charge in [-0.3, -0.25) is 4.90 Å². The second kappa shape index (κ2) is 13.5. The zero-order valence-corrected chi connectivity index (χ0v) is 31.7. The fourth-order valence-electron chi connectivity index (χ4n) is 8.85. The Hall–Kier alpha value is -7.75. The van der Waals surface area contributed by atoms with Crippen LogP contribution >= 0.6 is 0 Å². The Kier molecular flexibility index (Phi) is 7.80. The van der Waals surface area contributed by atoms with E-state index < -0.39 is 0 Å². The van der Waals surface area contributed by atoms with E-state index in [0.29, 0.717) is 5.69 Å². The van der Waals surface area contributed by atoms with Crippen molar-refractivity contribution in [2.45, 2.75) is 0 Å². The van der Waals surface area contributed by atoms with E-state index in [4.69, 9.17) is 10.7 Å². The number of aliphatic imine (C=N–C) groups is 1. The van der Waals surface area contributed by atoms with Crippen LogP contribution in [0.15, 0.2) is 212 Å². The lowest BCUT2D eigenvalue weighted by molar-refractivity contribution is 1.27. The number of nitrogen functional groups attached to an aromatic ring is 1. The van der Waals surface area contributed by atoms with E-state index >= 15 is 0 Å². The fourth-order valence-corrected chi connectivity index (χ4v) is 8.85. The van der Waals surface area contributed by atoms with Gasteiger partial charge in [0.25, 0.3) is 0 Å². The molecule has 3 heteroatoms. The molecule has 58 heavy (non-hydrogen) atoms. The molecule has 272 valence electrons. The van der Waals surface area contributed by atoms with Crippen molar-refractivity contribution in [2.75, 3.05) is 10.6 Å². The van der Waals surface area contributed by atoms with Crippen molar-refractivity contribution >= 4 is 71.7 Å². The van der Waals surface area contributed by atoms with Crippen molar-refractivity contribution in [1.82, 2.24) is 0 Å². The number of para-hydroxylation sites is 2. The van der Waals surface area contributed by atoms with Gasteiger partial charge in [-0.1, -0.05) is 170 Å². The Bertz CT molecular complexity index is 3260. The standard InChI is InChI=1S/C55H37N3/c1-35-49-34-43(42-28-22-36-12-2-4-14-40(36)32-42)30-31-51(49)57-55(58(35)52-21-11-10-20-50(52)56)39-26-24-38(25-27-39)53-45-16-6-8-18-47(45)54(48-19-9-7-17-46(48)53)44-29-23-37-13-3-5-15-41(37)33-44/h2-34H,1,56H2. The van der Waals surface area contributed by atoms with Crippen molar-refractivity contribution in [3.63, 3.8) is 0 Å². The molecule has 0 saturated heterocycles. The highest BCUT2D eigenvalue weighted by atomic mass is 15.2. The molecule has 1 aliphatic heterocycles. The van der Waals surface area contributed by atoms with Crippen LogP contribution in [-0.4, -0.2) is 5.84 Å². The molecule has 0 aliphatic carbocycles. The Labute approximate surface area is 337 Å². The molecule has 10 aromatic rings. The molecule has 1 heterocycles.